The Balaban J connectivity index is 1.21. The molecule has 3 atom stereocenters. The molecule has 2 aliphatic carbocycles. The molecule has 306 valence electrons. The highest BCUT2D eigenvalue weighted by Gasteiger charge is 2.68. The molecule has 4 aromatic heterocycles. The Kier molecular flexibility index (Phi) is 8.75. The second-order valence-electron chi connectivity index (χ2n) is 14.8. The SMILES string of the molecule is Cn1cnc(-c2nc3cc(C(Cc4cc(F)cc(F)c4)NC(=O)Cn4nc(C(F)(F)F)c5c4C(F)(F)[C@@H]4C[C@H]54)c(-c4cccc5c(NS(C)(=O)=O)nn(C)c45)cc3s2)c1. The van der Waals surface area contributed by atoms with Gasteiger partial charge in [0.1, 0.15) is 34.6 Å². The standard InChI is InChI=1S/C38H30F7N9O3S2/c1-52-14-28(46-16-52)36-48-27-12-23(22(13-29(27)58-36)20-5-4-6-21-32(20)53(2)50-35(21)51-59(3,56)57)26(9-17-7-18(39)10-19(40)8-17)47-30(55)15-54-34-31(33(49-54)38(43,44)45)24-11-25(24)37(34,41)42/h4-8,10,12-14,16,24-26H,9,11,15H2,1-3H3,(H,47,55)(H,50,51)/t24-,25+,26?/m0/s1. The molecule has 1 saturated carbocycles. The van der Waals surface area contributed by atoms with Crippen LogP contribution in [0.4, 0.5) is 36.6 Å². The number of imidazole rings is 1. The molecule has 0 bridgehead atoms. The van der Waals surface area contributed by atoms with Gasteiger partial charge in [-0.2, -0.15) is 32.1 Å². The van der Waals surface area contributed by atoms with Crippen molar-refractivity contribution in [2.24, 2.45) is 20.0 Å². The van der Waals surface area contributed by atoms with Crippen LogP contribution in [0, 0.1) is 17.6 Å². The molecular formula is C38H30F7N9O3S2. The number of thiazole rings is 1. The number of benzene rings is 3. The van der Waals surface area contributed by atoms with Crippen molar-refractivity contribution < 1.29 is 43.9 Å². The van der Waals surface area contributed by atoms with Gasteiger partial charge in [-0.1, -0.05) is 12.1 Å². The van der Waals surface area contributed by atoms with E-state index in [1.54, 1.807) is 61.5 Å². The van der Waals surface area contributed by atoms with Crippen molar-refractivity contribution in [3.8, 4) is 21.8 Å². The number of aryl methyl sites for hydroxylation is 2. The fourth-order valence-corrected chi connectivity index (χ4v) is 9.57. The number of anilines is 1. The molecule has 1 unspecified atom stereocenters. The summed E-state index contributed by atoms with van der Waals surface area (Å²) in [6, 6.07) is 9.99. The Morgan fingerprint density at radius 1 is 1.05 bits per heavy atom. The number of carbonyl (C=O) groups is 1. The van der Waals surface area contributed by atoms with Gasteiger partial charge in [0, 0.05) is 48.8 Å². The fourth-order valence-electron chi connectivity index (χ4n) is 8.12. The monoisotopic (exact) mass is 857 g/mol. The number of halogens is 7. The van der Waals surface area contributed by atoms with E-state index in [-0.39, 0.29) is 24.2 Å². The third-order valence-corrected chi connectivity index (χ3v) is 12.1. The minimum atomic E-state index is -5.06. The zero-order chi connectivity index (χ0) is 41.9. The third-order valence-electron chi connectivity index (χ3n) is 10.5. The van der Waals surface area contributed by atoms with E-state index in [9.17, 15) is 35.2 Å². The smallest absolute Gasteiger partial charge is 0.347 e. The van der Waals surface area contributed by atoms with Crippen LogP contribution >= 0.6 is 11.3 Å². The Morgan fingerprint density at radius 2 is 1.80 bits per heavy atom. The lowest BCUT2D eigenvalue weighted by molar-refractivity contribution is -0.142. The van der Waals surface area contributed by atoms with Crippen LogP contribution < -0.4 is 10.0 Å². The molecule has 1 fully saturated rings. The summed E-state index contributed by atoms with van der Waals surface area (Å²) in [6.07, 6.45) is -1.15. The number of para-hydroxylation sites is 1. The first-order valence-electron chi connectivity index (χ1n) is 17.9. The van der Waals surface area contributed by atoms with Crippen molar-refractivity contribution in [1.29, 1.82) is 0 Å². The van der Waals surface area contributed by atoms with Crippen molar-refractivity contribution >= 4 is 54.2 Å². The number of amides is 1. The predicted molar refractivity (Wildman–Crippen MR) is 203 cm³/mol. The number of nitrogens with zero attached hydrogens (tertiary/aromatic N) is 7. The highest BCUT2D eigenvalue weighted by molar-refractivity contribution is 7.92. The van der Waals surface area contributed by atoms with Gasteiger partial charge in [-0.3, -0.25) is 18.9 Å². The maximum Gasteiger partial charge on any atom is 0.435 e. The van der Waals surface area contributed by atoms with E-state index >= 15 is 8.78 Å². The van der Waals surface area contributed by atoms with Gasteiger partial charge in [-0.25, -0.2) is 27.2 Å². The van der Waals surface area contributed by atoms with Gasteiger partial charge in [-0.15, -0.1) is 11.3 Å². The number of hydrogen-bond acceptors (Lipinski definition) is 8. The molecule has 0 spiro atoms. The molecule has 12 nitrogen and oxygen atoms in total. The number of aromatic nitrogens is 7. The lowest BCUT2D eigenvalue weighted by atomic mass is 9.90. The molecule has 2 aliphatic rings. The minimum absolute atomic E-state index is 0.0317. The van der Waals surface area contributed by atoms with Crippen LogP contribution in [0.15, 0.2) is 61.1 Å². The predicted octanol–water partition coefficient (Wildman–Crippen LogP) is 7.42. The van der Waals surface area contributed by atoms with Crippen LogP contribution in [0.1, 0.15) is 46.5 Å². The highest BCUT2D eigenvalue weighted by atomic mass is 32.2. The molecule has 7 aromatic rings. The van der Waals surface area contributed by atoms with E-state index in [1.807, 2.05) is 0 Å². The van der Waals surface area contributed by atoms with Gasteiger partial charge >= 0.3 is 6.18 Å². The van der Waals surface area contributed by atoms with Crippen molar-refractivity contribution in [3.05, 3.63) is 101 Å². The third kappa shape index (κ3) is 6.88. The van der Waals surface area contributed by atoms with Crippen LogP contribution in [-0.2, 0) is 54.0 Å². The van der Waals surface area contributed by atoms with E-state index in [1.165, 1.54) is 16.0 Å². The molecule has 3 aromatic carbocycles. The van der Waals surface area contributed by atoms with Crippen molar-refractivity contribution in [1.82, 2.24) is 39.4 Å². The first-order chi connectivity index (χ1) is 27.7. The van der Waals surface area contributed by atoms with Gasteiger partial charge in [0.05, 0.1) is 34.4 Å². The maximum atomic E-state index is 15.5. The number of carbonyl (C=O) groups excluding carboxylic acids is 1. The molecule has 21 heteroatoms. The first kappa shape index (κ1) is 38.7. The van der Waals surface area contributed by atoms with Gasteiger partial charge in [0.25, 0.3) is 5.92 Å². The van der Waals surface area contributed by atoms with Crippen LogP contribution in [-0.4, -0.2) is 54.7 Å². The topological polar surface area (TPSA) is 142 Å². The summed E-state index contributed by atoms with van der Waals surface area (Å²) in [4.78, 5) is 23.2. The van der Waals surface area contributed by atoms with Gasteiger partial charge in [0.15, 0.2) is 11.5 Å². The summed E-state index contributed by atoms with van der Waals surface area (Å²) in [5.74, 6) is -8.83. The molecule has 0 saturated heterocycles. The average Bonchev–Trinajstić information content (AvgIpc) is 3.43. The summed E-state index contributed by atoms with van der Waals surface area (Å²) in [7, 11) is -0.390. The number of hydrogen-bond donors (Lipinski definition) is 2. The van der Waals surface area contributed by atoms with Gasteiger partial charge in [0.2, 0.25) is 15.9 Å². The van der Waals surface area contributed by atoms with Crippen LogP contribution in [0.25, 0.3) is 42.9 Å². The van der Waals surface area contributed by atoms with E-state index in [2.05, 4.69) is 25.2 Å². The van der Waals surface area contributed by atoms with Crippen molar-refractivity contribution in [3.63, 3.8) is 0 Å². The molecule has 1 amide bonds. The number of sulfonamides is 1. The van der Waals surface area contributed by atoms with Crippen LogP contribution in [0.5, 0.6) is 0 Å². The van der Waals surface area contributed by atoms with Crippen LogP contribution in [0.3, 0.4) is 0 Å². The second-order valence-corrected chi connectivity index (χ2v) is 17.6. The molecule has 2 N–H and O–H groups in total. The molecule has 4 heterocycles. The molecule has 9 rings (SSSR count). The number of rotatable bonds is 10. The Morgan fingerprint density at radius 3 is 2.47 bits per heavy atom. The molecule has 59 heavy (non-hydrogen) atoms. The van der Waals surface area contributed by atoms with Crippen LogP contribution in [0.2, 0.25) is 0 Å². The van der Waals surface area contributed by atoms with Gasteiger partial charge < -0.3 is 9.88 Å². The molecular weight excluding hydrogens is 828 g/mol. The molecule has 0 radical (unpaired) electrons. The Labute approximate surface area is 333 Å². The normalized spacial score (nSPS) is 17.7. The minimum Gasteiger partial charge on any atom is -0.347 e. The maximum absolute atomic E-state index is 15.5. The number of alkyl halides is 5. The van der Waals surface area contributed by atoms with Crippen molar-refractivity contribution in [2.75, 3.05) is 11.0 Å². The summed E-state index contributed by atoms with van der Waals surface area (Å²) in [5.41, 5.74) is -0.305. The first-order valence-corrected chi connectivity index (χ1v) is 20.6. The van der Waals surface area contributed by atoms with Crippen molar-refractivity contribution in [2.45, 2.75) is 43.4 Å². The largest absolute Gasteiger partial charge is 0.435 e. The van der Waals surface area contributed by atoms with E-state index in [0.29, 0.717) is 59.3 Å². The zero-order valence-corrected chi connectivity index (χ0v) is 32.6. The fraction of sp³-hybridized carbons (Fsp3) is 0.289. The summed E-state index contributed by atoms with van der Waals surface area (Å²) < 4.78 is 134. The summed E-state index contributed by atoms with van der Waals surface area (Å²) in [6.45, 7) is -1.03. The van der Waals surface area contributed by atoms with E-state index in [0.717, 1.165) is 18.4 Å². The zero-order valence-electron chi connectivity index (χ0n) is 30.9. The van der Waals surface area contributed by atoms with E-state index in [4.69, 9.17) is 4.98 Å². The van der Waals surface area contributed by atoms with E-state index < -0.39 is 81.0 Å². The Hall–Kier alpha value is -5.83. The Bertz CT molecular complexity index is 2970. The molecule has 0 aliphatic heterocycles. The quantitative estimate of drug-likeness (QED) is 0.136. The lowest BCUT2D eigenvalue weighted by Gasteiger charge is -2.24. The highest BCUT2D eigenvalue weighted by Crippen LogP contribution is 2.68. The summed E-state index contributed by atoms with van der Waals surface area (Å²) >= 11 is 1.30. The second kappa shape index (κ2) is 13.3. The van der Waals surface area contributed by atoms with Gasteiger partial charge in [-0.05, 0) is 65.8 Å². The number of nitrogens with one attached hydrogen (secondary N) is 2. The average molecular weight is 858 g/mol. The lowest BCUT2D eigenvalue weighted by Crippen LogP contribution is -2.34. The summed E-state index contributed by atoms with van der Waals surface area (Å²) in [5, 5.41) is 11.6. The number of fused-ring (bicyclic) bond motifs is 5.